The quantitative estimate of drug-likeness (QED) is 0.295. The summed E-state index contributed by atoms with van der Waals surface area (Å²) in [5.74, 6) is 0. The zero-order valence-corrected chi connectivity index (χ0v) is 23.0. The Kier molecular flexibility index (Phi) is 6.14. The number of aromatic amines is 1. The lowest BCUT2D eigenvalue weighted by Crippen LogP contribution is -2.52. The minimum atomic E-state index is 0.0316. The molecule has 0 spiro atoms. The highest BCUT2D eigenvalue weighted by Crippen LogP contribution is 2.32. The molecule has 2 aromatic carbocycles. The highest BCUT2D eigenvalue weighted by atomic mass is 32.1. The molecule has 0 bridgehead atoms. The van der Waals surface area contributed by atoms with Gasteiger partial charge in [0.25, 0.3) is 0 Å². The maximum Gasteiger partial charge on any atom is 0.317 e. The van der Waals surface area contributed by atoms with E-state index in [1.165, 1.54) is 20.3 Å². The number of nitrogens with zero attached hydrogens (tertiary/aromatic N) is 4. The summed E-state index contributed by atoms with van der Waals surface area (Å²) in [6.45, 7) is 6.21. The molecule has 5 heterocycles. The molecule has 2 aliphatic rings. The van der Waals surface area contributed by atoms with Crippen LogP contribution in [0.1, 0.15) is 34.7 Å². The van der Waals surface area contributed by atoms with Gasteiger partial charge in [-0.15, -0.1) is 22.7 Å². The van der Waals surface area contributed by atoms with E-state index < -0.39 is 0 Å². The van der Waals surface area contributed by atoms with E-state index in [9.17, 15) is 4.79 Å². The number of carbonyl (C=O) groups is 1. The molecular formula is C29H30N6OS2. The summed E-state index contributed by atoms with van der Waals surface area (Å²) in [6.07, 6.45) is 2.92. The predicted molar refractivity (Wildman–Crippen MR) is 155 cm³/mol. The van der Waals surface area contributed by atoms with Crippen molar-refractivity contribution in [3.05, 3.63) is 69.7 Å². The number of nitrogens with one attached hydrogen (secondary N) is 2. The fourth-order valence-corrected chi connectivity index (χ4v) is 7.69. The number of aromatic nitrogens is 3. The van der Waals surface area contributed by atoms with E-state index >= 15 is 0 Å². The number of likely N-dealkylation sites (tertiary alicyclic amines) is 1. The van der Waals surface area contributed by atoms with Crippen molar-refractivity contribution in [2.75, 3.05) is 19.6 Å². The van der Waals surface area contributed by atoms with Gasteiger partial charge in [-0.25, -0.2) is 9.78 Å². The Balaban J connectivity index is 1.02. The van der Waals surface area contributed by atoms with Gasteiger partial charge >= 0.3 is 6.03 Å². The van der Waals surface area contributed by atoms with E-state index in [0.29, 0.717) is 13.1 Å². The average Bonchev–Trinajstić information content (AvgIpc) is 3.64. The van der Waals surface area contributed by atoms with Crippen LogP contribution in [0.25, 0.3) is 31.6 Å². The summed E-state index contributed by atoms with van der Waals surface area (Å²) in [7, 11) is 0. The number of aryl methyl sites for hydroxylation is 1. The number of hydrogen-bond donors (Lipinski definition) is 2. The van der Waals surface area contributed by atoms with Crippen LogP contribution in [0.15, 0.2) is 47.8 Å². The molecule has 2 aliphatic heterocycles. The molecule has 5 aromatic rings. The molecule has 0 saturated carbocycles. The van der Waals surface area contributed by atoms with Crippen molar-refractivity contribution in [1.82, 2.24) is 30.3 Å². The van der Waals surface area contributed by atoms with Gasteiger partial charge in [0, 0.05) is 53.6 Å². The average molecular weight is 543 g/mol. The van der Waals surface area contributed by atoms with Gasteiger partial charge in [0.1, 0.15) is 0 Å². The van der Waals surface area contributed by atoms with Crippen LogP contribution in [0.3, 0.4) is 0 Å². The Morgan fingerprint density at radius 3 is 3.05 bits per heavy atom. The number of carbonyl (C=O) groups excluding carboxylic acids is 1. The largest absolute Gasteiger partial charge is 0.334 e. The van der Waals surface area contributed by atoms with Gasteiger partial charge in [0.05, 0.1) is 27.5 Å². The third-order valence-electron chi connectivity index (χ3n) is 7.78. The molecule has 194 valence electrons. The number of H-pyrrole nitrogens is 1. The molecule has 1 atom stereocenters. The van der Waals surface area contributed by atoms with Gasteiger partial charge in [0.2, 0.25) is 0 Å². The van der Waals surface area contributed by atoms with Crippen molar-refractivity contribution in [2.45, 2.75) is 45.3 Å². The fraction of sp³-hybridized carbons (Fsp3) is 0.345. The summed E-state index contributed by atoms with van der Waals surface area (Å²) < 4.78 is 2.51. The number of rotatable bonds is 4. The van der Waals surface area contributed by atoms with Crippen molar-refractivity contribution in [3.8, 4) is 11.3 Å². The Hall–Kier alpha value is -3.27. The first-order valence-electron chi connectivity index (χ1n) is 13.3. The normalized spacial score (nSPS) is 18.2. The summed E-state index contributed by atoms with van der Waals surface area (Å²) >= 11 is 3.52. The van der Waals surface area contributed by atoms with Crippen molar-refractivity contribution < 1.29 is 4.79 Å². The predicted octanol–water partition coefficient (Wildman–Crippen LogP) is 5.94. The van der Waals surface area contributed by atoms with E-state index in [-0.39, 0.29) is 12.1 Å². The number of piperidine rings is 1. The van der Waals surface area contributed by atoms with Gasteiger partial charge in [-0.1, -0.05) is 24.3 Å². The summed E-state index contributed by atoms with van der Waals surface area (Å²) in [4.78, 5) is 22.4. The van der Waals surface area contributed by atoms with E-state index in [1.54, 1.807) is 11.3 Å². The highest BCUT2D eigenvalue weighted by molar-refractivity contribution is 7.18. The van der Waals surface area contributed by atoms with E-state index in [4.69, 9.17) is 0 Å². The minimum absolute atomic E-state index is 0.0316. The zero-order chi connectivity index (χ0) is 25.6. The molecule has 1 saturated heterocycles. The first-order valence-corrected chi connectivity index (χ1v) is 15.0. The lowest BCUT2D eigenvalue weighted by Gasteiger charge is -2.35. The molecule has 38 heavy (non-hydrogen) atoms. The Labute approximate surface area is 229 Å². The first kappa shape index (κ1) is 23.8. The summed E-state index contributed by atoms with van der Waals surface area (Å²) in [5.41, 5.74) is 6.69. The summed E-state index contributed by atoms with van der Waals surface area (Å²) in [6, 6.07) is 15.2. The molecule has 2 N–H and O–H groups in total. The smallest absolute Gasteiger partial charge is 0.317 e. The third kappa shape index (κ3) is 4.48. The molecule has 9 heteroatoms. The number of amides is 2. The van der Waals surface area contributed by atoms with E-state index in [1.807, 2.05) is 23.2 Å². The van der Waals surface area contributed by atoms with Crippen LogP contribution in [-0.2, 0) is 19.5 Å². The van der Waals surface area contributed by atoms with E-state index in [2.05, 4.69) is 73.2 Å². The van der Waals surface area contributed by atoms with Crippen LogP contribution in [0, 0.1) is 6.92 Å². The standard InChI is InChI=1S/C29H30N6OS2/c1-18-30-25-9-8-19(13-27(25)38-18)28-23-16-35(12-10-24(23)32-33-28)29(36)31-21-5-4-11-34(15-21)14-20-17-37-26-7-3-2-6-22(20)26/h2-3,6-9,13,17,21H,4-5,10-12,14-16H2,1H3,(H,31,36)(H,32,33)/t21-/m1/s1. The molecule has 3 aromatic heterocycles. The topological polar surface area (TPSA) is 77.1 Å². The van der Waals surface area contributed by atoms with Crippen LogP contribution in [-0.4, -0.2) is 56.7 Å². The van der Waals surface area contributed by atoms with Gasteiger partial charge in [-0.05, 0) is 60.8 Å². The molecule has 0 aliphatic carbocycles. The summed E-state index contributed by atoms with van der Waals surface area (Å²) in [5, 5.41) is 15.9. The number of benzene rings is 2. The molecule has 2 amide bonds. The third-order valence-corrected chi connectivity index (χ3v) is 9.72. The lowest BCUT2D eigenvalue weighted by atomic mass is 10.0. The molecule has 0 unspecified atom stereocenters. The van der Waals surface area contributed by atoms with Crippen LogP contribution >= 0.6 is 22.7 Å². The molecule has 0 radical (unpaired) electrons. The van der Waals surface area contributed by atoms with Crippen molar-refractivity contribution in [1.29, 1.82) is 0 Å². The Morgan fingerprint density at radius 2 is 2.11 bits per heavy atom. The van der Waals surface area contributed by atoms with Crippen molar-refractivity contribution >= 4 is 49.0 Å². The fourth-order valence-electron chi connectivity index (χ4n) is 5.87. The van der Waals surface area contributed by atoms with E-state index in [0.717, 1.165) is 71.9 Å². The first-order chi connectivity index (χ1) is 18.6. The highest BCUT2D eigenvalue weighted by Gasteiger charge is 2.29. The Bertz CT molecular complexity index is 1630. The van der Waals surface area contributed by atoms with Gasteiger partial charge in [-0.3, -0.25) is 10.00 Å². The van der Waals surface area contributed by atoms with Crippen LogP contribution < -0.4 is 5.32 Å². The van der Waals surface area contributed by atoms with Crippen LogP contribution in [0.5, 0.6) is 0 Å². The number of thiazole rings is 1. The second kappa shape index (κ2) is 9.80. The zero-order valence-electron chi connectivity index (χ0n) is 21.4. The number of urea groups is 1. The van der Waals surface area contributed by atoms with Crippen LogP contribution in [0.4, 0.5) is 4.79 Å². The maximum atomic E-state index is 13.4. The maximum absolute atomic E-state index is 13.4. The molecule has 1 fully saturated rings. The molecular weight excluding hydrogens is 512 g/mol. The monoisotopic (exact) mass is 542 g/mol. The number of fused-ring (bicyclic) bond motifs is 3. The molecule has 7 rings (SSSR count). The van der Waals surface area contributed by atoms with Gasteiger partial charge in [-0.2, -0.15) is 5.10 Å². The second-order valence-electron chi connectivity index (χ2n) is 10.4. The van der Waals surface area contributed by atoms with Crippen LogP contribution in [0.2, 0.25) is 0 Å². The number of hydrogen-bond acceptors (Lipinski definition) is 6. The second-order valence-corrected chi connectivity index (χ2v) is 12.5. The van der Waals surface area contributed by atoms with Crippen molar-refractivity contribution in [3.63, 3.8) is 0 Å². The van der Waals surface area contributed by atoms with Crippen molar-refractivity contribution in [2.24, 2.45) is 0 Å². The minimum Gasteiger partial charge on any atom is -0.334 e. The Morgan fingerprint density at radius 1 is 1.18 bits per heavy atom. The van der Waals surface area contributed by atoms with Gasteiger partial charge < -0.3 is 10.2 Å². The van der Waals surface area contributed by atoms with Gasteiger partial charge in [0.15, 0.2) is 0 Å². The SMILES string of the molecule is Cc1nc2ccc(-c3n[nH]c4c3CN(C(=O)N[C@@H]3CCCN(Cc5csc6ccccc56)C3)CC4)cc2s1. The number of thiophene rings is 1. The molecule has 7 nitrogen and oxygen atoms in total. The lowest BCUT2D eigenvalue weighted by molar-refractivity contribution is 0.160.